The summed E-state index contributed by atoms with van der Waals surface area (Å²) >= 11 is 0. The van der Waals surface area contributed by atoms with E-state index in [1.807, 2.05) is 0 Å². The van der Waals surface area contributed by atoms with Gasteiger partial charge in [0.1, 0.15) is 11.3 Å². The first-order valence-corrected chi connectivity index (χ1v) is 2.73. The van der Waals surface area contributed by atoms with Crippen molar-refractivity contribution in [3.05, 3.63) is 29.8 Å². The third-order valence-corrected chi connectivity index (χ3v) is 1.13. The molecule has 0 atom stereocenters. The molecule has 0 aliphatic heterocycles. The van der Waals surface area contributed by atoms with Crippen LogP contribution in [0.4, 0.5) is 0 Å². The van der Waals surface area contributed by atoms with Crippen molar-refractivity contribution < 1.29 is 51.6 Å². The average Bonchev–Trinajstić information content (AvgIpc) is 1.88. The minimum Gasteiger partial charge on any atom is -0.507 e. The summed E-state index contributed by atoms with van der Waals surface area (Å²) in [5, 5.41) is 17.3. The first kappa shape index (κ1) is 14.2. The van der Waals surface area contributed by atoms with Crippen molar-refractivity contribution in [1.29, 1.82) is 0 Å². The van der Waals surface area contributed by atoms with Crippen LogP contribution in [0.2, 0.25) is 0 Å². The van der Waals surface area contributed by atoms with E-state index in [-0.39, 0.29) is 47.9 Å². The van der Waals surface area contributed by atoms with Crippen molar-refractivity contribution >= 4 is 5.97 Å². The third kappa shape index (κ3) is 3.35. The summed E-state index contributed by atoms with van der Waals surface area (Å²) in [6, 6.07) is 5.81. The second kappa shape index (κ2) is 6.18. The number of aromatic hydroxyl groups is 1. The fourth-order valence-corrected chi connectivity index (χ4v) is 0.654. The van der Waals surface area contributed by atoms with E-state index < -0.39 is 5.97 Å². The molecule has 5 heteroatoms. The van der Waals surface area contributed by atoms with Crippen LogP contribution in [0.3, 0.4) is 0 Å². The van der Waals surface area contributed by atoms with Crippen LogP contribution in [0.1, 0.15) is 10.4 Å². The summed E-state index contributed by atoms with van der Waals surface area (Å²) < 4.78 is 0. The Morgan fingerprint density at radius 1 is 1.25 bits per heavy atom. The molecule has 0 aromatic heterocycles. The number of carboxylic acid groups (broad SMARTS) is 1. The van der Waals surface area contributed by atoms with Crippen molar-refractivity contribution in [2.75, 3.05) is 0 Å². The molecule has 65 valence electrons. The van der Waals surface area contributed by atoms with Gasteiger partial charge in [-0.2, -0.15) is 0 Å². The van der Waals surface area contributed by atoms with Gasteiger partial charge < -0.3 is 10.2 Å². The number of phenols is 1. The molecular weight excluding hydrogens is 261 g/mol. The molecule has 0 fully saturated rings. The number of carboxylic acids is 1. The Bertz CT molecular complexity index is 265. The smallest absolute Gasteiger partial charge is 0.339 e. The molecule has 1 aromatic rings. The molecule has 2 N–H and O–H groups in total. The zero-order valence-corrected chi connectivity index (χ0v) is 10.0. The molecule has 0 saturated heterocycles. The van der Waals surface area contributed by atoms with Crippen molar-refractivity contribution in [2.45, 2.75) is 0 Å². The second-order valence-electron chi connectivity index (χ2n) is 1.82. The predicted molar refractivity (Wildman–Crippen MR) is 35.1 cm³/mol. The third-order valence-electron chi connectivity index (χ3n) is 1.13. The Balaban J connectivity index is 0. The summed E-state index contributed by atoms with van der Waals surface area (Å²) in [4.78, 5) is 10.3. The normalized spacial score (nSPS) is 7.67. The van der Waals surface area contributed by atoms with E-state index in [0.717, 1.165) is 0 Å². The Kier molecular flexibility index (Phi) is 7.30. The van der Waals surface area contributed by atoms with Gasteiger partial charge in [-0.15, -0.1) is 0 Å². The molecule has 0 amide bonds. The molecular formula is C7H6CuO3Zn. The second-order valence-corrected chi connectivity index (χ2v) is 1.82. The molecule has 3 nitrogen and oxygen atoms in total. The number of para-hydroxylation sites is 1. The maximum Gasteiger partial charge on any atom is 0.339 e. The number of rotatable bonds is 1. The molecule has 0 heterocycles. The molecule has 0 bridgehead atoms. The maximum atomic E-state index is 10.3. The van der Waals surface area contributed by atoms with E-state index in [0.29, 0.717) is 0 Å². The van der Waals surface area contributed by atoms with Crippen LogP contribution in [-0.2, 0) is 36.5 Å². The zero-order chi connectivity index (χ0) is 7.56. The SMILES string of the molecule is O=C(O)c1ccccc1O.[Cu].[Zn]. The Labute approximate surface area is 93.0 Å². The number of hydrogen-bond donors (Lipinski definition) is 2. The van der Waals surface area contributed by atoms with E-state index in [1.54, 1.807) is 12.1 Å². The van der Waals surface area contributed by atoms with Gasteiger partial charge in [0.2, 0.25) is 0 Å². The van der Waals surface area contributed by atoms with Crippen LogP contribution in [0.15, 0.2) is 24.3 Å². The van der Waals surface area contributed by atoms with Gasteiger partial charge >= 0.3 is 5.97 Å². The van der Waals surface area contributed by atoms with E-state index >= 15 is 0 Å². The van der Waals surface area contributed by atoms with Gasteiger partial charge in [0.25, 0.3) is 0 Å². The Morgan fingerprint density at radius 3 is 2.08 bits per heavy atom. The van der Waals surface area contributed by atoms with E-state index in [4.69, 9.17) is 10.2 Å². The minimum atomic E-state index is -1.11. The average molecular weight is 267 g/mol. The van der Waals surface area contributed by atoms with Crippen LogP contribution >= 0.6 is 0 Å². The molecule has 0 unspecified atom stereocenters. The molecule has 1 rings (SSSR count). The Morgan fingerprint density at radius 2 is 1.75 bits per heavy atom. The molecule has 1 aromatic carbocycles. The summed E-state index contributed by atoms with van der Waals surface area (Å²) in [6.45, 7) is 0. The van der Waals surface area contributed by atoms with Gasteiger partial charge in [0.15, 0.2) is 0 Å². The summed E-state index contributed by atoms with van der Waals surface area (Å²) in [5.41, 5.74) is -0.0671. The van der Waals surface area contributed by atoms with E-state index in [2.05, 4.69) is 0 Å². The molecule has 12 heavy (non-hydrogen) atoms. The first-order chi connectivity index (χ1) is 4.72. The largest absolute Gasteiger partial charge is 0.507 e. The van der Waals surface area contributed by atoms with Crippen molar-refractivity contribution in [1.82, 2.24) is 0 Å². The number of hydrogen-bond acceptors (Lipinski definition) is 2. The summed E-state index contributed by atoms with van der Waals surface area (Å²) in [6.07, 6.45) is 0. The monoisotopic (exact) mass is 265 g/mol. The Hall–Kier alpha value is -0.367. The number of aromatic carboxylic acids is 1. The molecule has 0 aliphatic rings. The quantitative estimate of drug-likeness (QED) is 0.749. The fourth-order valence-electron chi connectivity index (χ4n) is 0.654. The zero-order valence-electron chi connectivity index (χ0n) is 6.12. The van der Waals surface area contributed by atoms with Crippen molar-refractivity contribution in [3.8, 4) is 5.75 Å². The molecule has 0 saturated carbocycles. The molecule has 1 radical (unpaired) electrons. The van der Waals surface area contributed by atoms with Crippen molar-refractivity contribution in [3.63, 3.8) is 0 Å². The van der Waals surface area contributed by atoms with Gasteiger partial charge in [-0.05, 0) is 12.1 Å². The van der Waals surface area contributed by atoms with Gasteiger partial charge in [-0.3, -0.25) is 0 Å². The standard InChI is InChI=1S/C7H6O3.Cu.Zn/c8-6-4-2-1-3-5(6)7(9)10;;/h1-4,8H,(H,9,10);;. The fraction of sp³-hybridized carbons (Fsp3) is 0. The van der Waals surface area contributed by atoms with Gasteiger partial charge in [0.05, 0.1) is 0 Å². The summed E-state index contributed by atoms with van der Waals surface area (Å²) in [7, 11) is 0. The van der Waals surface area contributed by atoms with Crippen LogP contribution in [0, 0.1) is 0 Å². The number of carbonyl (C=O) groups is 1. The van der Waals surface area contributed by atoms with Crippen LogP contribution in [-0.4, -0.2) is 16.2 Å². The summed E-state index contributed by atoms with van der Waals surface area (Å²) in [5.74, 6) is -1.31. The molecule has 0 aliphatic carbocycles. The molecule has 0 spiro atoms. The first-order valence-electron chi connectivity index (χ1n) is 2.73. The maximum absolute atomic E-state index is 10.3. The number of benzene rings is 1. The van der Waals surface area contributed by atoms with E-state index in [1.165, 1.54) is 12.1 Å². The van der Waals surface area contributed by atoms with Crippen LogP contribution in [0.25, 0.3) is 0 Å². The topological polar surface area (TPSA) is 57.5 Å². The van der Waals surface area contributed by atoms with Gasteiger partial charge in [0, 0.05) is 36.5 Å². The van der Waals surface area contributed by atoms with Gasteiger partial charge in [-0.25, -0.2) is 4.79 Å². The van der Waals surface area contributed by atoms with Crippen LogP contribution in [0.5, 0.6) is 5.75 Å². The van der Waals surface area contributed by atoms with E-state index in [9.17, 15) is 4.79 Å². The predicted octanol–water partition coefficient (Wildman–Crippen LogP) is 1.09. The minimum absolute atomic E-state index is 0. The van der Waals surface area contributed by atoms with Crippen LogP contribution < -0.4 is 0 Å². The van der Waals surface area contributed by atoms with Gasteiger partial charge in [-0.1, -0.05) is 12.1 Å². The van der Waals surface area contributed by atoms with Crippen molar-refractivity contribution in [2.24, 2.45) is 0 Å².